The summed E-state index contributed by atoms with van der Waals surface area (Å²) in [7, 11) is 0. The molecule has 21 heavy (non-hydrogen) atoms. The fourth-order valence-electron chi connectivity index (χ4n) is 2.42. The van der Waals surface area contributed by atoms with Gasteiger partial charge in [0.05, 0.1) is 11.5 Å². The second-order valence-electron chi connectivity index (χ2n) is 5.09. The van der Waals surface area contributed by atoms with Crippen LogP contribution in [0.15, 0.2) is 24.3 Å². The zero-order valence-corrected chi connectivity index (χ0v) is 11.0. The van der Waals surface area contributed by atoms with E-state index in [2.05, 4.69) is 5.32 Å². The van der Waals surface area contributed by atoms with Gasteiger partial charge in [-0.1, -0.05) is 0 Å². The van der Waals surface area contributed by atoms with E-state index >= 15 is 0 Å². The number of nitrogens with one attached hydrogen (secondary N) is 1. The molecule has 1 fully saturated rings. The van der Waals surface area contributed by atoms with Gasteiger partial charge >= 0.3 is 12.1 Å². The molecular formula is C14H14F3NO3. The Morgan fingerprint density at radius 1 is 1.14 bits per heavy atom. The number of rotatable bonds is 3. The van der Waals surface area contributed by atoms with Crippen molar-refractivity contribution in [2.75, 3.05) is 0 Å². The molecule has 0 spiro atoms. The summed E-state index contributed by atoms with van der Waals surface area (Å²) in [4.78, 5) is 22.7. The lowest BCUT2D eigenvalue weighted by molar-refractivity contribution is -0.141. The van der Waals surface area contributed by atoms with Crippen LogP contribution in [-0.4, -0.2) is 23.0 Å². The van der Waals surface area contributed by atoms with Crippen molar-refractivity contribution in [1.82, 2.24) is 5.32 Å². The molecule has 0 aliphatic heterocycles. The van der Waals surface area contributed by atoms with Crippen LogP contribution in [0.2, 0.25) is 0 Å². The minimum absolute atomic E-state index is 0.127. The molecule has 1 aliphatic carbocycles. The molecule has 1 aliphatic rings. The molecule has 2 rings (SSSR count). The molecule has 1 aromatic rings. The lowest BCUT2D eigenvalue weighted by Crippen LogP contribution is -2.33. The highest BCUT2D eigenvalue weighted by atomic mass is 19.4. The van der Waals surface area contributed by atoms with Gasteiger partial charge < -0.3 is 10.4 Å². The number of carbonyl (C=O) groups excluding carboxylic acids is 1. The summed E-state index contributed by atoms with van der Waals surface area (Å²) in [6, 6.07) is 3.68. The average molecular weight is 301 g/mol. The van der Waals surface area contributed by atoms with Crippen molar-refractivity contribution < 1.29 is 27.9 Å². The Hall–Kier alpha value is -2.05. The molecule has 2 atom stereocenters. The van der Waals surface area contributed by atoms with E-state index in [1.165, 1.54) is 0 Å². The topological polar surface area (TPSA) is 66.4 Å². The highest BCUT2D eigenvalue weighted by molar-refractivity contribution is 5.94. The lowest BCUT2D eigenvalue weighted by Gasteiger charge is -2.13. The van der Waals surface area contributed by atoms with E-state index in [0.717, 1.165) is 24.3 Å². The average Bonchev–Trinajstić information content (AvgIpc) is 2.86. The number of carboxylic acids is 1. The molecule has 2 N–H and O–H groups in total. The van der Waals surface area contributed by atoms with E-state index < -0.39 is 29.5 Å². The van der Waals surface area contributed by atoms with Gasteiger partial charge in [0.1, 0.15) is 0 Å². The molecule has 7 heteroatoms. The van der Waals surface area contributed by atoms with E-state index in [1.54, 1.807) is 0 Å². The SMILES string of the molecule is O=C(N[C@H]1CC[C@@H](C(=O)O)C1)c1ccc(C(F)(F)F)cc1. The lowest BCUT2D eigenvalue weighted by atomic mass is 10.1. The predicted octanol–water partition coefficient (Wildman–Crippen LogP) is 2.69. The van der Waals surface area contributed by atoms with Crippen molar-refractivity contribution in [3.05, 3.63) is 35.4 Å². The molecule has 0 unspecified atom stereocenters. The third-order valence-electron chi connectivity index (χ3n) is 3.59. The molecule has 0 radical (unpaired) electrons. The first-order chi connectivity index (χ1) is 9.77. The van der Waals surface area contributed by atoms with Crippen LogP contribution in [0, 0.1) is 5.92 Å². The Morgan fingerprint density at radius 2 is 1.76 bits per heavy atom. The quantitative estimate of drug-likeness (QED) is 0.902. The van der Waals surface area contributed by atoms with Gasteiger partial charge in [-0.2, -0.15) is 13.2 Å². The molecule has 0 bridgehead atoms. The van der Waals surface area contributed by atoms with Gasteiger partial charge in [-0.3, -0.25) is 9.59 Å². The van der Waals surface area contributed by atoms with E-state index in [0.29, 0.717) is 19.3 Å². The fourth-order valence-corrected chi connectivity index (χ4v) is 2.42. The van der Waals surface area contributed by atoms with Crippen LogP contribution in [0.1, 0.15) is 35.2 Å². The Bertz CT molecular complexity index is 539. The molecule has 114 valence electrons. The van der Waals surface area contributed by atoms with Crippen LogP contribution in [0.5, 0.6) is 0 Å². The zero-order chi connectivity index (χ0) is 15.6. The molecular weight excluding hydrogens is 287 g/mol. The maximum Gasteiger partial charge on any atom is 0.416 e. The van der Waals surface area contributed by atoms with Gasteiger partial charge in [-0.15, -0.1) is 0 Å². The molecule has 0 heterocycles. The van der Waals surface area contributed by atoms with Crippen LogP contribution in [0.3, 0.4) is 0 Å². The van der Waals surface area contributed by atoms with Crippen molar-refractivity contribution in [2.24, 2.45) is 5.92 Å². The first-order valence-electron chi connectivity index (χ1n) is 6.48. The molecule has 1 saturated carbocycles. The number of halogens is 3. The Morgan fingerprint density at radius 3 is 2.24 bits per heavy atom. The summed E-state index contributed by atoms with van der Waals surface area (Å²) in [5, 5.41) is 11.5. The number of hydrogen-bond acceptors (Lipinski definition) is 2. The fraction of sp³-hybridized carbons (Fsp3) is 0.429. The van der Waals surface area contributed by atoms with Gasteiger partial charge in [-0.25, -0.2) is 0 Å². The Balaban J connectivity index is 1.97. The number of amides is 1. The maximum atomic E-state index is 12.4. The molecule has 1 aromatic carbocycles. The van der Waals surface area contributed by atoms with E-state index in [4.69, 9.17) is 5.11 Å². The largest absolute Gasteiger partial charge is 0.481 e. The molecule has 0 saturated heterocycles. The first kappa shape index (κ1) is 15.3. The van der Waals surface area contributed by atoms with Crippen LogP contribution in [0.25, 0.3) is 0 Å². The summed E-state index contributed by atoms with van der Waals surface area (Å²) >= 11 is 0. The highest BCUT2D eigenvalue weighted by Crippen LogP contribution is 2.29. The summed E-state index contributed by atoms with van der Waals surface area (Å²) in [6.07, 6.45) is -3.03. The zero-order valence-electron chi connectivity index (χ0n) is 11.0. The number of aliphatic carboxylic acids is 1. The summed E-state index contributed by atoms with van der Waals surface area (Å²) in [5.74, 6) is -1.84. The Labute approximate surface area is 119 Å². The van der Waals surface area contributed by atoms with Gasteiger partial charge in [0.15, 0.2) is 0 Å². The van der Waals surface area contributed by atoms with Crippen LogP contribution in [-0.2, 0) is 11.0 Å². The second kappa shape index (κ2) is 5.75. The van der Waals surface area contributed by atoms with Gasteiger partial charge in [0.25, 0.3) is 5.91 Å². The van der Waals surface area contributed by atoms with E-state index in [9.17, 15) is 22.8 Å². The van der Waals surface area contributed by atoms with Gasteiger partial charge in [0.2, 0.25) is 0 Å². The molecule has 4 nitrogen and oxygen atoms in total. The van der Waals surface area contributed by atoms with Crippen molar-refractivity contribution in [3.8, 4) is 0 Å². The smallest absolute Gasteiger partial charge is 0.416 e. The maximum absolute atomic E-state index is 12.4. The molecule has 1 amide bonds. The van der Waals surface area contributed by atoms with Crippen molar-refractivity contribution in [1.29, 1.82) is 0 Å². The highest BCUT2D eigenvalue weighted by Gasteiger charge is 2.32. The third-order valence-corrected chi connectivity index (χ3v) is 3.59. The van der Waals surface area contributed by atoms with Crippen LogP contribution >= 0.6 is 0 Å². The normalized spacial score (nSPS) is 22.0. The van der Waals surface area contributed by atoms with Crippen molar-refractivity contribution >= 4 is 11.9 Å². The minimum Gasteiger partial charge on any atom is -0.481 e. The van der Waals surface area contributed by atoms with Gasteiger partial charge in [-0.05, 0) is 43.5 Å². The number of benzene rings is 1. The van der Waals surface area contributed by atoms with Gasteiger partial charge in [0, 0.05) is 11.6 Å². The Kier molecular flexibility index (Phi) is 4.20. The monoisotopic (exact) mass is 301 g/mol. The number of carboxylic acid groups (broad SMARTS) is 1. The molecule has 0 aromatic heterocycles. The summed E-state index contributed by atoms with van der Waals surface area (Å²) < 4.78 is 37.2. The van der Waals surface area contributed by atoms with E-state index in [-0.39, 0.29) is 11.6 Å². The minimum atomic E-state index is -4.44. The van der Waals surface area contributed by atoms with Crippen molar-refractivity contribution in [2.45, 2.75) is 31.5 Å². The number of alkyl halides is 3. The van der Waals surface area contributed by atoms with E-state index in [1.807, 2.05) is 0 Å². The third kappa shape index (κ3) is 3.74. The second-order valence-corrected chi connectivity index (χ2v) is 5.09. The summed E-state index contributed by atoms with van der Waals surface area (Å²) in [6.45, 7) is 0. The number of hydrogen-bond donors (Lipinski definition) is 2. The standard InChI is InChI=1S/C14H14F3NO3/c15-14(16,17)10-4-1-8(2-5-10)12(19)18-11-6-3-9(7-11)13(20)21/h1-2,4-5,9,11H,3,6-7H2,(H,18,19)(H,20,21)/t9-,11+/m1/s1. The summed E-state index contributed by atoms with van der Waals surface area (Å²) in [5.41, 5.74) is -0.687. The van der Waals surface area contributed by atoms with Crippen LogP contribution < -0.4 is 5.32 Å². The van der Waals surface area contributed by atoms with Crippen molar-refractivity contribution in [3.63, 3.8) is 0 Å². The first-order valence-corrected chi connectivity index (χ1v) is 6.48. The number of carbonyl (C=O) groups is 2. The van der Waals surface area contributed by atoms with Crippen LogP contribution in [0.4, 0.5) is 13.2 Å². The predicted molar refractivity (Wildman–Crippen MR) is 67.7 cm³/mol.